The number of carboxylic acid groups (broad SMARTS) is 1. The van der Waals surface area contributed by atoms with Gasteiger partial charge in [-0.3, -0.25) is 4.79 Å². The highest BCUT2D eigenvalue weighted by atomic mass is 32.1. The summed E-state index contributed by atoms with van der Waals surface area (Å²) >= 11 is 1.43. The zero-order valence-electron chi connectivity index (χ0n) is 10.7. The molecule has 0 bridgehead atoms. The summed E-state index contributed by atoms with van der Waals surface area (Å²) in [7, 11) is 3.77. The van der Waals surface area contributed by atoms with E-state index in [0.29, 0.717) is 10.9 Å². The van der Waals surface area contributed by atoms with Gasteiger partial charge in [0.15, 0.2) is 6.04 Å². The molecular weight excluding hydrogens is 250 g/mol. The van der Waals surface area contributed by atoms with Gasteiger partial charge in [0.25, 0.3) is 0 Å². The Kier molecular flexibility index (Phi) is 4.31. The van der Waals surface area contributed by atoms with Gasteiger partial charge in [-0.2, -0.15) is 0 Å². The first-order chi connectivity index (χ1) is 8.61. The maximum Gasteiger partial charge on any atom is 0.327 e. The lowest BCUT2D eigenvalue weighted by atomic mass is 9.96. The van der Waals surface area contributed by atoms with E-state index in [1.807, 2.05) is 5.38 Å². The number of hydrogen-bond donors (Lipinski definition) is 2. The summed E-state index contributed by atoms with van der Waals surface area (Å²) in [5, 5.41) is 14.5. The fourth-order valence-electron chi connectivity index (χ4n) is 2.38. The molecule has 1 fully saturated rings. The molecule has 0 aromatic carbocycles. The Bertz CT molecular complexity index is 421. The first kappa shape index (κ1) is 13.5. The van der Waals surface area contributed by atoms with Crippen molar-refractivity contribution in [1.29, 1.82) is 0 Å². The maximum atomic E-state index is 11.1. The van der Waals surface area contributed by atoms with Gasteiger partial charge in [-0.15, -0.1) is 11.3 Å². The molecular formula is C12H19N3O2S. The smallest absolute Gasteiger partial charge is 0.327 e. The molecule has 1 aromatic heterocycles. The molecule has 2 heterocycles. The zero-order chi connectivity index (χ0) is 13.1. The molecule has 2 rings (SSSR count). The third kappa shape index (κ3) is 2.88. The molecule has 1 aliphatic heterocycles. The third-order valence-corrected chi connectivity index (χ3v) is 4.29. The largest absolute Gasteiger partial charge is 0.480 e. The fourth-order valence-corrected chi connectivity index (χ4v) is 3.38. The monoisotopic (exact) mass is 269 g/mol. The molecule has 2 N–H and O–H groups in total. The Morgan fingerprint density at radius 1 is 1.72 bits per heavy atom. The van der Waals surface area contributed by atoms with Gasteiger partial charge < -0.3 is 15.3 Å². The number of rotatable bonds is 4. The number of likely N-dealkylation sites (tertiary alicyclic amines) is 1. The zero-order valence-corrected chi connectivity index (χ0v) is 11.5. The minimum atomic E-state index is -0.876. The van der Waals surface area contributed by atoms with Crippen LogP contribution in [0.15, 0.2) is 5.38 Å². The van der Waals surface area contributed by atoms with E-state index in [4.69, 9.17) is 5.11 Å². The molecule has 2 atom stereocenters. The number of aromatic nitrogens is 1. The van der Waals surface area contributed by atoms with Crippen LogP contribution in [0, 0.1) is 0 Å². The van der Waals surface area contributed by atoms with Crippen molar-refractivity contribution in [2.45, 2.75) is 24.8 Å². The van der Waals surface area contributed by atoms with E-state index < -0.39 is 12.0 Å². The summed E-state index contributed by atoms with van der Waals surface area (Å²) < 4.78 is 0. The molecule has 0 radical (unpaired) electrons. The van der Waals surface area contributed by atoms with Crippen LogP contribution in [0.4, 0.5) is 0 Å². The molecule has 6 heteroatoms. The van der Waals surface area contributed by atoms with Crippen LogP contribution in [0.5, 0.6) is 0 Å². The molecule has 0 saturated carbocycles. The molecule has 0 spiro atoms. The van der Waals surface area contributed by atoms with Crippen molar-refractivity contribution in [2.24, 2.45) is 0 Å². The number of carboxylic acids is 1. The Morgan fingerprint density at radius 2 is 2.50 bits per heavy atom. The van der Waals surface area contributed by atoms with E-state index in [0.717, 1.165) is 25.2 Å². The van der Waals surface area contributed by atoms with Gasteiger partial charge in [0.1, 0.15) is 5.01 Å². The van der Waals surface area contributed by atoms with E-state index >= 15 is 0 Å². The molecule has 18 heavy (non-hydrogen) atoms. The second kappa shape index (κ2) is 5.77. The van der Waals surface area contributed by atoms with Crippen LogP contribution in [0.2, 0.25) is 0 Å². The summed E-state index contributed by atoms with van der Waals surface area (Å²) in [4.78, 5) is 17.9. The molecule has 1 aromatic rings. The Balaban J connectivity index is 2.12. The molecule has 0 amide bonds. The number of carbonyl (C=O) groups is 1. The number of aliphatic carboxylic acids is 1. The van der Waals surface area contributed by atoms with Gasteiger partial charge in [0, 0.05) is 17.8 Å². The topological polar surface area (TPSA) is 65.5 Å². The lowest BCUT2D eigenvalue weighted by molar-refractivity contribution is -0.139. The number of likely N-dealkylation sites (N-methyl/N-ethyl adjacent to an activating group) is 2. The summed E-state index contributed by atoms with van der Waals surface area (Å²) in [5.41, 5.74) is 1.04. The summed E-state index contributed by atoms with van der Waals surface area (Å²) in [6.45, 7) is 2.15. The van der Waals surface area contributed by atoms with Crippen LogP contribution in [-0.2, 0) is 4.79 Å². The second-order valence-electron chi connectivity index (χ2n) is 4.77. The second-order valence-corrected chi connectivity index (χ2v) is 5.66. The predicted molar refractivity (Wildman–Crippen MR) is 71.0 cm³/mol. The Labute approximate surface area is 111 Å². The fraction of sp³-hybridized carbons (Fsp3) is 0.667. The standard InChI is InChI=1S/C12H19N3O2S/c1-13-10(12(16)17)11-14-9(7-18-11)8-4-3-5-15(2)6-8/h7-8,10,13H,3-6H2,1-2H3,(H,16,17). The quantitative estimate of drug-likeness (QED) is 0.862. The number of thiazole rings is 1. The van der Waals surface area contributed by atoms with Crippen molar-refractivity contribution in [3.63, 3.8) is 0 Å². The van der Waals surface area contributed by atoms with Crippen LogP contribution >= 0.6 is 11.3 Å². The van der Waals surface area contributed by atoms with Crippen LogP contribution in [0.1, 0.15) is 35.5 Å². The molecule has 5 nitrogen and oxygen atoms in total. The van der Waals surface area contributed by atoms with E-state index in [1.165, 1.54) is 17.8 Å². The number of nitrogens with zero attached hydrogens (tertiary/aromatic N) is 2. The highest BCUT2D eigenvalue weighted by Gasteiger charge is 2.25. The van der Waals surface area contributed by atoms with Gasteiger partial charge in [0.2, 0.25) is 0 Å². The lowest BCUT2D eigenvalue weighted by Crippen LogP contribution is -2.31. The number of hydrogen-bond acceptors (Lipinski definition) is 5. The average Bonchev–Trinajstić information content (AvgIpc) is 2.79. The van der Waals surface area contributed by atoms with Gasteiger partial charge in [0.05, 0.1) is 5.69 Å². The molecule has 1 saturated heterocycles. The van der Waals surface area contributed by atoms with E-state index in [2.05, 4.69) is 22.2 Å². The number of piperidine rings is 1. The molecule has 100 valence electrons. The third-order valence-electron chi connectivity index (χ3n) is 3.37. The van der Waals surface area contributed by atoms with Crippen molar-refractivity contribution in [3.05, 3.63) is 16.1 Å². The minimum Gasteiger partial charge on any atom is -0.480 e. The van der Waals surface area contributed by atoms with Crippen LogP contribution < -0.4 is 5.32 Å². The van der Waals surface area contributed by atoms with Crippen LogP contribution in [0.25, 0.3) is 0 Å². The number of nitrogens with one attached hydrogen (secondary N) is 1. The molecule has 2 unspecified atom stereocenters. The van der Waals surface area contributed by atoms with Crippen molar-refractivity contribution in [1.82, 2.24) is 15.2 Å². The maximum absolute atomic E-state index is 11.1. The summed E-state index contributed by atoms with van der Waals surface area (Å²) in [5.74, 6) is -0.431. The average molecular weight is 269 g/mol. The molecule has 0 aliphatic carbocycles. The SMILES string of the molecule is CNC(C(=O)O)c1nc(C2CCCN(C)C2)cs1. The van der Waals surface area contributed by atoms with Crippen molar-refractivity contribution in [3.8, 4) is 0 Å². The van der Waals surface area contributed by atoms with Crippen molar-refractivity contribution < 1.29 is 9.90 Å². The van der Waals surface area contributed by atoms with Crippen molar-refractivity contribution >= 4 is 17.3 Å². The van der Waals surface area contributed by atoms with Crippen LogP contribution in [-0.4, -0.2) is 48.1 Å². The summed E-state index contributed by atoms with van der Waals surface area (Å²) in [6.07, 6.45) is 2.33. The Hall–Kier alpha value is -0.980. The first-order valence-corrected chi connectivity index (χ1v) is 7.03. The van der Waals surface area contributed by atoms with E-state index in [9.17, 15) is 4.79 Å². The minimum absolute atomic E-state index is 0.444. The highest BCUT2D eigenvalue weighted by Crippen LogP contribution is 2.29. The molecule has 1 aliphatic rings. The van der Waals surface area contributed by atoms with Crippen LogP contribution in [0.3, 0.4) is 0 Å². The normalized spacial score (nSPS) is 22.9. The van der Waals surface area contributed by atoms with Gasteiger partial charge >= 0.3 is 5.97 Å². The van der Waals surface area contributed by atoms with E-state index in [1.54, 1.807) is 7.05 Å². The predicted octanol–water partition coefficient (Wildman–Crippen LogP) is 1.30. The first-order valence-electron chi connectivity index (χ1n) is 6.15. The van der Waals surface area contributed by atoms with Gasteiger partial charge in [-0.1, -0.05) is 0 Å². The highest BCUT2D eigenvalue weighted by molar-refractivity contribution is 7.09. The van der Waals surface area contributed by atoms with Crippen molar-refractivity contribution in [2.75, 3.05) is 27.2 Å². The van der Waals surface area contributed by atoms with Gasteiger partial charge in [-0.05, 0) is 33.5 Å². The Morgan fingerprint density at radius 3 is 3.11 bits per heavy atom. The van der Waals surface area contributed by atoms with Gasteiger partial charge in [-0.25, -0.2) is 4.98 Å². The summed E-state index contributed by atoms with van der Waals surface area (Å²) in [6, 6.07) is -0.690. The van der Waals surface area contributed by atoms with E-state index in [-0.39, 0.29) is 0 Å². The lowest BCUT2D eigenvalue weighted by Gasteiger charge is -2.28.